The fraction of sp³-hybridized carbons (Fsp3) is 0.538. The van der Waals surface area contributed by atoms with Gasteiger partial charge < -0.3 is 10.5 Å². The minimum Gasteiger partial charge on any atom is -0.460 e. The van der Waals surface area contributed by atoms with E-state index in [1.165, 1.54) is 12.1 Å². The fourth-order valence-electron chi connectivity index (χ4n) is 1.32. The smallest absolute Gasteiger partial charge is 0.306 e. The lowest BCUT2D eigenvalue weighted by molar-refractivity contribution is -0.154. The molecule has 8 nitrogen and oxygen atoms in total. The highest BCUT2D eigenvalue weighted by Crippen LogP contribution is 2.10. The van der Waals surface area contributed by atoms with Crippen LogP contribution in [0.25, 0.3) is 0 Å². The molecular weight excluding hydrogens is 274 g/mol. The number of azo groups is 1. The van der Waals surface area contributed by atoms with E-state index in [1.807, 2.05) is 20.8 Å². The number of primary amides is 1. The molecule has 0 spiro atoms. The van der Waals surface area contributed by atoms with Gasteiger partial charge in [-0.05, 0) is 39.3 Å². The van der Waals surface area contributed by atoms with Crippen molar-refractivity contribution in [3.05, 3.63) is 17.8 Å². The van der Waals surface area contributed by atoms with Crippen LogP contribution in [-0.4, -0.2) is 34.2 Å². The van der Waals surface area contributed by atoms with E-state index in [9.17, 15) is 9.59 Å². The van der Waals surface area contributed by atoms with Crippen LogP contribution in [0.5, 0.6) is 0 Å². The van der Waals surface area contributed by atoms with Crippen molar-refractivity contribution in [1.29, 1.82) is 0 Å². The highest BCUT2D eigenvalue weighted by Gasteiger charge is 2.15. The molecule has 8 heteroatoms. The Kier molecular flexibility index (Phi) is 5.89. The topological polar surface area (TPSA) is 120 Å². The molecule has 0 saturated heterocycles. The number of hydrogen-bond acceptors (Lipinski definition) is 7. The van der Waals surface area contributed by atoms with Gasteiger partial charge in [-0.1, -0.05) is 0 Å². The molecule has 1 rings (SSSR count). The highest BCUT2D eigenvalue weighted by atomic mass is 16.6. The zero-order chi connectivity index (χ0) is 15.9. The van der Waals surface area contributed by atoms with Gasteiger partial charge in [0.25, 0.3) is 5.91 Å². The van der Waals surface area contributed by atoms with Gasteiger partial charge in [-0.15, -0.1) is 15.3 Å². The minimum atomic E-state index is -0.650. The van der Waals surface area contributed by atoms with E-state index in [0.29, 0.717) is 13.0 Å². The summed E-state index contributed by atoms with van der Waals surface area (Å²) >= 11 is 0. The number of ether oxygens (including phenoxy) is 1. The molecule has 0 aliphatic heterocycles. The third kappa shape index (κ3) is 7.09. The van der Waals surface area contributed by atoms with Gasteiger partial charge in [-0.3, -0.25) is 9.59 Å². The Morgan fingerprint density at radius 3 is 2.52 bits per heavy atom. The zero-order valence-corrected chi connectivity index (χ0v) is 12.4. The van der Waals surface area contributed by atoms with Crippen LogP contribution >= 0.6 is 0 Å². The van der Waals surface area contributed by atoms with Gasteiger partial charge in [-0.2, -0.15) is 5.11 Å². The van der Waals surface area contributed by atoms with Crippen molar-refractivity contribution >= 4 is 17.7 Å². The van der Waals surface area contributed by atoms with E-state index in [4.69, 9.17) is 10.5 Å². The lowest BCUT2D eigenvalue weighted by Crippen LogP contribution is -2.23. The average Bonchev–Trinajstić information content (AvgIpc) is 2.36. The number of amides is 1. The fourth-order valence-corrected chi connectivity index (χ4v) is 1.32. The largest absolute Gasteiger partial charge is 0.460 e. The van der Waals surface area contributed by atoms with Gasteiger partial charge in [-0.25, -0.2) is 0 Å². The summed E-state index contributed by atoms with van der Waals surface area (Å²) in [7, 11) is 0. The van der Waals surface area contributed by atoms with E-state index in [2.05, 4.69) is 20.4 Å². The second-order valence-corrected chi connectivity index (χ2v) is 5.30. The van der Waals surface area contributed by atoms with Gasteiger partial charge in [0, 0.05) is 6.42 Å². The van der Waals surface area contributed by atoms with Gasteiger partial charge in [0.05, 0.1) is 6.54 Å². The summed E-state index contributed by atoms with van der Waals surface area (Å²) in [4.78, 5) is 22.2. The molecule has 2 N–H and O–H groups in total. The Hall–Kier alpha value is -2.38. The van der Waals surface area contributed by atoms with Crippen LogP contribution in [0.3, 0.4) is 0 Å². The summed E-state index contributed by atoms with van der Waals surface area (Å²) in [5, 5.41) is 15.0. The Morgan fingerprint density at radius 1 is 1.29 bits per heavy atom. The van der Waals surface area contributed by atoms with Crippen molar-refractivity contribution in [2.45, 2.75) is 39.2 Å². The van der Waals surface area contributed by atoms with E-state index in [-0.39, 0.29) is 23.9 Å². The normalized spacial score (nSPS) is 11.6. The lowest BCUT2D eigenvalue weighted by atomic mass is 10.2. The summed E-state index contributed by atoms with van der Waals surface area (Å²) in [5.74, 6) is -0.635. The molecule has 1 aromatic heterocycles. The third-order valence-electron chi connectivity index (χ3n) is 2.14. The van der Waals surface area contributed by atoms with Crippen LogP contribution in [0, 0.1) is 0 Å². The number of carbonyl (C=O) groups excluding carboxylic acids is 2. The molecule has 1 heterocycles. The maximum Gasteiger partial charge on any atom is 0.306 e. The number of rotatable bonds is 6. The van der Waals surface area contributed by atoms with Crippen LogP contribution in [0.2, 0.25) is 0 Å². The molecule has 114 valence electrons. The van der Waals surface area contributed by atoms with E-state index in [0.717, 1.165) is 0 Å². The number of hydrogen-bond donors (Lipinski definition) is 1. The van der Waals surface area contributed by atoms with Crippen LogP contribution < -0.4 is 5.73 Å². The van der Waals surface area contributed by atoms with E-state index >= 15 is 0 Å². The molecule has 0 aliphatic rings. The first-order valence-electron chi connectivity index (χ1n) is 6.51. The predicted octanol–water partition coefficient (Wildman–Crippen LogP) is 1.78. The van der Waals surface area contributed by atoms with Crippen LogP contribution in [0.15, 0.2) is 22.4 Å². The number of carbonyl (C=O) groups is 2. The van der Waals surface area contributed by atoms with Gasteiger partial charge in [0.1, 0.15) is 5.60 Å². The molecule has 0 aromatic carbocycles. The molecule has 0 atom stereocenters. The lowest BCUT2D eigenvalue weighted by Gasteiger charge is -2.19. The van der Waals surface area contributed by atoms with Crippen molar-refractivity contribution in [2.24, 2.45) is 16.0 Å². The second kappa shape index (κ2) is 7.41. The first-order chi connectivity index (χ1) is 9.78. The molecule has 0 aliphatic carbocycles. The Morgan fingerprint density at radius 2 is 2.00 bits per heavy atom. The zero-order valence-electron chi connectivity index (χ0n) is 12.4. The van der Waals surface area contributed by atoms with Crippen LogP contribution in [-0.2, 0) is 9.53 Å². The Labute approximate surface area is 122 Å². The van der Waals surface area contributed by atoms with Crippen LogP contribution in [0.4, 0.5) is 5.82 Å². The molecule has 0 saturated carbocycles. The number of nitrogens with zero attached hydrogens (tertiary/aromatic N) is 4. The summed E-state index contributed by atoms with van der Waals surface area (Å²) in [6.45, 7) is 5.83. The van der Waals surface area contributed by atoms with Crippen molar-refractivity contribution in [1.82, 2.24) is 10.2 Å². The van der Waals surface area contributed by atoms with Crippen molar-refractivity contribution in [3.63, 3.8) is 0 Å². The summed E-state index contributed by atoms with van der Waals surface area (Å²) in [5.41, 5.74) is 4.63. The number of aromatic nitrogens is 2. The molecule has 1 aromatic rings. The summed E-state index contributed by atoms with van der Waals surface area (Å²) in [6.07, 6.45) is 0.813. The van der Waals surface area contributed by atoms with Crippen molar-refractivity contribution < 1.29 is 14.3 Å². The summed E-state index contributed by atoms with van der Waals surface area (Å²) < 4.78 is 5.16. The quantitative estimate of drug-likeness (QED) is 0.487. The first kappa shape index (κ1) is 16.7. The molecule has 0 fully saturated rings. The van der Waals surface area contributed by atoms with Crippen molar-refractivity contribution in [2.75, 3.05) is 6.54 Å². The van der Waals surface area contributed by atoms with E-state index < -0.39 is 11.5 Å². The molecule has 0 radical (unpaired) electrons. The highest BCUT2D eigenvalue weighted by molar-refractivity contribution is 5.90. The molecule has 1 amide bonds. The van der Waals surface area contributed by atoms with E-state index in [1.54, 1.807) is 0 Å². The molecular formula is C13H19N5O3. The monoisotopic (exact) mass is 293 g/mol. The number of esters is 1. The maximum atomic E-state index is 11.4. The van der Waals surface area contributed by atoms with Gasteiger partial charge >= 0.3 is 5.97 Å². The standard InChI is InChI=1S/C13H19N5O3/c1-13(2,3)21-11(19)5-4-8-15-17-10-7-6-9(12(14)20)16-18-10/h6-7H,4-5,8H2,1-3H3,(H2,14,20). The number of nitrogens with two attached hydrogens (primary N) is 1. The first-order valence-corrected chi connectivity index (χ1v) is 6.51. The van der Waals surface area contributed by atoms with Gasteiger partial charge in [0.2, 0.25) is 0 Å². The molecule has 21 heavy (non-hydrogen) atoms. The van der Waals surface area contributed by atoms with Crippen molar-refractivity contribution in [3.8, 4) is 0 Å². The third-order valence-corrected chi connectivity index (χ3v) is 2.14. The maximum absolute atomic E-state index is 11.4. The summed E-state index contributed by atoms with van der Waals surface area (Å²) in [6, 6.07) is 2.91. The Balaban J connectivity index is 2.32. The second-order valence-electron chi connectivity index (χ2n) is 5.30. The van der Waals surface area contributed by atoms with Crippen LogP contribution in [0.1, 0.15) is 44.1 Å². The Bertz CT molecular complexity index is 520. The SMILES string of the molecule is CC(C)(C)OC(=O)CCCN=Nc1ccc(C(N)=O)nn1. The van der Waals surface area contributed by atoms with Gasteiger partial charge in [0.15, 0.2) is 11.5 Å². The minimum absolute atomic E-state index is 0.0684. The molecule has 0 unspecified atom stereocenters. The predicted molar refractivity (Wildman–Crippen MR) is 75.0 cm³/mol. The average molecular weight is 293 g/mol. The molecule has 0 bridgehead atoms.